The smallest absolute Gasteiger partial charge is 0.257 e. The van der Waals surface area contributed by atoms with Crippen LogP contribution in [0.3, 0.4) is 0 Å². The van der Waals surface area contributed by atoms with Crippen molar-refractivity contribution in [3.05, 3.63) is 29.0 Å². The van der Waals surface area contributed by atoms with E-state index < -0.39 is 0 Å². The zero-order valence-electron chi connectivity index (χ0n) is 12.2. The van der Waals surface area contributed by atoms with Gasteiger partial charge in [0.25, 0.3) is 5.89 Å². The van der Waals surface area contributed by atoms with E-state index in [4.69, 9.17) is 21.9 Å². The lowest BCUT2D eigenvalue weighted by atomic mass is 9.80. The summed E-state index contributed by atoms with van der Waals surface area (Å²) in [6.45, 7) is 2.27. The molecule has 1 aliphatic carbocycles. The van der Waals surface area contributed by atoms with Crippen LogP contribution < -0.4 is 5.73 Å². The molecule has 0 bridgehead atoms. The van der Waals surface area contributed by atoms with Gasteiger partial charge in [0.15, 0.2) is 5.82 Å². The highest BCUT2D eigenvalue weighted by atomic mass is 35.5. The monoisotopic (exact) mass is 305 g/mol. The molecule has 0 radical (unpaired) electrons. The molecule has 5 heteroatoms. The molecule has 1 aromatic carbocycles. The molecule has 1 aliphatic rings. The molecule has 1 fully saturated rings. The van der Waals surface area contributed by atoms with Crippen LogP contribution in [0.4, 0.5) is 5.69 Å². The van der Waals surface area contributed by atoms with E-state index in [0.717, 1.165) is 30.1 Å². The lowest BCUT2D eigenvalue weighted by molar-refractivity contribution is 0.305. The molecule has 1 aromatic heterocycles. The van der Waals surface area contributed by atoms with Crippen molar-refractivity contribution in [1.29, 1.82) is 0 Å². The Morgan fingerprint density at radius 2 is 2.05 bits per heavy atom. The Labute approximate surface area is 129 Å². The fourth-order valence-corrected chi connectivity index (χ4v) is 3.19. The molecule has 3 rings (SSSR count). The molecule has 0 unspecified atom stereocenters. The molecule has 112 valence electrons. The van der Waals surface area contributed by atoms with Crippen molar-refractivity contribution < 1.29 is 4.52 Å². The van der Waals surface area contributed by atoms with Crippen molar-refractivity contribution >= 4 is 17.3 Å². The zero-order valence-corrected chi connectivity index (χ0v) is 12.9. The molecule has 0 atom stereocenters. The number of aromatic nitrogens is 2. The number of nitrogen functional groups attached to an aromatic ring is 1. The fraction of sp³-hybridized carbons (Fsp3) is 0.500. The maximum absolute atomic E-state index is 6.04. The van der Waals surface area contributed by atoms with Gasteiger partial charge in [0.2, 0.25) is 0 Å². The molecule has 2 aromatic rings. The van der Waals surface area contributed by atoms with Crippen LogP contribution in [0.25, 0.3) is 11.5 Å². The second kappa shape index (κ2) is 6.06. The molecule has 2 N–H and O–H groups in total. The Balaban J connectivity index is 1.76. The third kappa shape index (κ3) is 3.05. The summed E-state index contributed by atoms with van der Waals surface area (Å²) in [4.78, 5) is 4.55. The van der Waals surface area contributed by atoms with Gasteiger partial charge in [-0.2, -0.15) is 4.98 Å². The lowest BCUT2D eigenvalue weighted by Crippen LogP contribution is -2.13. The van der Waals surface area contributed by atoms with Crippen LogP contribution in [-0.2, 0) is 0 Å². The largest absolute Gasteiger partial charge is 0.398 e. The molecule has 4 nitrogen and oxygen atoms in total. The molecule has 1 saturated carbocycles. The lowest BCUT2D eigenvalue weighted by Gasteiger charge is -2.25. The summed E-state index contributed by atoms with van der Waals surface area (Å²) in [5.41, 5.74) is 7.09. The van der Waals surface area contributed by atoms with Crippen molar-refractivity contribution in [2.24, 2.45) is 5.92 Å². The van der Waals surface area contributed by atoms with Crippen LogP contribution >= 0.6 is 11.6 Å². The summed E-state index contributed by atoms with van der Waals surface area (Å²) >= 11 is 6.04. The van der Waals surface area contributed by atoms with E-state index in [2.05, 4.69) is 17.1 Å². The second-order valence-electron chi connectivity index (χ2n) is 5.82. The first-order valence-electron chi connectivity index (χ1n) is 7.56. The standard InChI is InChI=1S/C16H20ClN3O/c1-2-10-3-5-11(6-4-10)15-19-16(21-20-15)12-7-8-14(18)13(17)9-12/h7-11H,2-6,18H2,1H3. The topological polar surface area (TPSA) is 64.9 Å². The first-order chi connectivity index (χ1) is 10.2. The highest BCUT2D eigenvalue weighted by Crippen LogP contribution is 2.36. The number of nitrogens with two attached hydrogens (primary N) is 1. The number of rotatable bonds is 3. The van der Waals surface area contributed by atoms with Crippen molar-refractivity contribution in [3.63, 3.8) is 0 Å². The molecular formula is C16H20ClN3O. The second-order valence-corrected chi connectivity index (χ2v) is 6.23. The maximum Gasteiger partial charge on any atom is 0.257 e. The zero-order chi connectivity index (χ0) is 14.8. The third-order valence-electron chi connectivity index (χ3n) is 4.48. The fourth-order valence-electron chi connectivity index (χ4n) is 3.01. The molecule has 0 amide bonds. The van der Waals surface area contributed by atoms with E-state index >= 15 is 0 Å². The van der Waals surface area contributed by atoms with E-state index in [0.29, 0.717) is 22.5 Å². The molecule has 0 aliphatic heterocycles. The summed E-state index contributed by atoms with van der Waals surface area (Å²) in [5.74, 6) is 2.63. The maximum atomic E-state index is 6.04. The van der Waals surface area contributed by atoms with E-state index in [9.17, 15) is 0 Å². The van der Waals surface area contributed by atoms with Gasteiger partial charge in [-0.15, -0.1) is 0 Å². The van der Waals surface area contributed by atoms with Gasteiger partial charge in [-0.3, -0.25) is 0 Å². The van der Waals surface area contributed by atoms with Crippen molar-refractivity contribution in [2.45, 2.75) is 44.9 Å². The van der Waals surface area contributed by atoms with Gasteiger partial charge in [0.05, 0.1) is 10.7 Å². The average Bonchev–Trinajstić information content (AvgIpc) is 3.00. The molecule has 1 heterocycles. The van der Waals surface area contributed by atoms with Crippen LogP contribution in [0.5, 0.6) is 0 Å². The molecule has 0 spiro atoms. The number of hydrogen-bond donors (Lipinski definition) is 1. The normalized spacial score (nSPS) is 22.4. The van der Waals surface area contributed by atoms with Gasteiger partial charge in [0, 0.05) is 11.5 Å². The van der Waals surface area contributed by atoms with Crippen molar-refractivity contribution in [2.75, 3.05) is 5.73 Å². The first kappa shape index (κ1) is 14.4. The summed E-state index contributed by atoms with van der Waals surface area (Å²) < 4.78 is 5.39. The third-order valence-corrected chi connectivity index (χ3v) is 4.81. The van der Waals surface area contributed by atoms with Crippen molar-refractivity contribution in [3.8, 4) is 11.5 Å². The number of hydrogen-bond acceptors (Lipinski definition) is 4. The molecule has 0 saturated heterocycles. The first-order valence-corrected chi connectivity index (χ1v) is 7.94. The Hall–Kier alpha value is -1.55. The summed E-state index contributed by atoms with van der Waals surface area (Å²) in [6, 6.07) is 5.38. The number of benzene rings is 1. The SMILES string of the molecule is CCC1CCC(c2noc(-c3ccc(N)c(Cl)c3)n2)CC1. The van der Waals surface area contributed by atoms with Crippen LogP contribution in [0.2, 0.25) is 5.02 Å². The Morgan fingerprint density at radius 1 is 1.29 bits per heavy atom. The summed E-state index contributed by atoms with van der Waals surface area (Å²) in [5, 5.41) is 4.67. The van der Waals surface area contributed by atoms with Gasteiger partial charge in [-0.1, -0.05) is 30.1 Å². The highest BCUT2D eigenvalue weighted by Gasteiger charge is 2.25. The number of halogens is 1. The van der Waals surface area contributed by atoms with Crippen molar-refractivity contribution in [1.82, 2.24) is 10.1 Å². The van der Waals surface area contributed by atoms with E-state index in [1.54, 1.807) is 12.1 Å². The average molecular weight is 306 g/mol. The Morgan fingerprint density at radius 3 is 2.71 bits per heavy atom. The quantitative estimate of drug-likeness (QED) is 0.838. The molecular weight excluding hydrogens is 286 g/mol. The number of anilines is 1. The predicted molar refractivity (Wildman–Crippen MR) is 84.1 cm³/mol. The summed E-state index contributed by atoms with van der Waals surface area (Å²) in [7, 11) is 0. The van der Waals surface area contributed by atoms with E-state index in [1.807, 2.05) is 6.07 Å². The van der Waals surface area contributed by atoms with Gasteiger partial charge in [-0.05, 0) is 49.8 Å². The summed E-state index contributed by atoms with van der Waals surface area (Å²) in [6.07, 6.45) is 6.10. The minimum absolute atomic E-state index is 0.426. The minimum Gasteiger partial charge on any atom is -0.398 e. The van der Waals surface area contributed by atoms with Crippen LogP contribution in [0, 0.1) is 5.92 Å². The minimum atomic E-state index is 0.426. The van der Waals surface area contributed by atoms with Crippen LogP contribution in [0.1, 0.15) is 50.8 Å². The van der Waals surface area contributed by atoms with Crippen LogP contribution in [0.15, 0.2) is 22.7 Å². The number of nitrogens with zero attached hydrogens (tertiary/aromatic N) is 2. The Bertz CT molecular complexity index is 618. The van der Waals surface area contributed by atoms with Crippen LogP contribution in [-0.4, -0.2) is 10.1 Å². The Kier molecular flexibility index (Phi) is 4.15. The van der Waals surface area contributed by atoms with E-state index in [-0.39, 0.29) is 0 Å². The van der Waals surface area contributed by atoms with Gasteiger partial charge < -0.3 is 10.3 Å². The highest BCUT2D eigenvalue weighted by molar-refractivity contribution is 6.33. The van der Waals surface area contributed by atoms with Gasteiger partial charge in [0.1, 0.15) is 0 Å². The van der Waals surface area contributed by atoms with Gasteiger partial charge >= 0.3 is 0 Å². The molecule has 21 heavy (non-hydrogen) atoms. The van der Waals surface area contributed by atoms with Gasteiger partial charge in [-0.25, -0.2) is 0 Å². The van der Waals surface area contributed by atoms with E-state index in [1.165, 1.54) is 19.3 Å². The predicted octanol–water partition coefficient (Wildman–Crippen LogP) is 4.66.